The van der Waals surface area contributed by atoms with E-state index in [2.05, 4.69) is 4.90 Å². The predicted octanol–water partition coefficient (Wildman–Crippen LogP) is 1.60. The van der Waals surface area contributed by atoms with Crippen LogP contribution in [0, 0.1) is 10.1 Å². The molecule has 2 N–H and O–H groups in total. The Morgan fingerprint density at radius 3 is 2.54 bits per heavy atom. The molecule has 2 saturated heterocycles. The molecular formula is C17H24FN3O6S. The van der Waals surface area contributed by atoms with Crippen molar-refractivity contribution in [2.24, 2.45) is 5.14 Å². The zero-order valence-corrected chi connectivity index (χ0v) is 16.2. The van der Waals surface area contributed by atoms with Crippen molar-refractivity contribution in [1.29, 1.82) is 0 Å². The highest BCUT2D eigenvalue weighted by molar-refractivity contribution is 7.89. The van der Waals surface area contributed by atoms with E-state index in [1.54, 1.807) is 0 Å². The molecule has 0 bridgehead atoms. The lowest BCUT2D eigenvalue weighted by atomic mass is 9.92. The first-order valence-electron chi connectivity index (χ1n) is 9.13. The third kappa shape index (κ3) is 4.96. The highest BCUT2D eigenvalue weighted by atomic mass is 32.2. The van der Waals surface area contributed by atoms with Gasteiger partial charge in [-0.05, 0) is 37.8 Å². The normalized spacial score (nSPS) is 21.4. The van der Waals surface area contributed by atoms with Crippen LogP contribution >= 0.6 is 0 Å². The number of piperidine rings is 1. The molecule has 0 spiro atoms. The maximum Gasteiger partial charge on any atom is 0.312 e. The van der Waals surface area contributed by atoms with E-state index in [9.17, 15) is 18.5 Å². The Balaban J connectivity index is 1.63. The van der Waals surface area contributed by atoms with E-state index in [0.717, 1.165) is 44.3 Å². The van der Waals surface area contributed by atoms with Gasteiger partial charge in [0.2, 0.25) is 10.0 Å². The number of hydrogen-bond donors (Lipinski definition) is 1. The molecule has 2 fully saturated rings. The van der Waals surface area contributed by atoms with Gasteiger partial charge in [-0.3, -0.25) is 15.0 Å². The van der Waals surface area contributed by atoms with Crippen molar-refractivity contribution in [2.75, 3.05) is 32.9 Å². The van der Waals surface area contributed by atoms with Gasteiger partial charge in [-0.15, -0.1) is 0 Å². The zero-order chi connectivity index (χ0) is 20.4. The fourth-order valence-electron chi connectivity index (χ4n) is 3.63. The number of nitro groups is 1. The van der Waals surface area contributed by atoms with Gasteiger partial charge in [0.15, 0.2) is 5.75 Å². The predicted molar refractivity (Wildman–Crippen MR) is 98.5 cm³/mol. The molecule has 0 saturated carbocycles. The second-order valence-corrected chi connectivity index (χ2v) is 8.81. The molecular weight excluding hydrogens is 393 g/mol. The molecule has 1 aromatic rings. The lowest BCUT2D eigenvalue weighted by molar-refractivity contribution is -0.386. The summed E-state index contributed by atoms with van der Waals surface area (Å²) >= 11 is 0. The number of benzene rings is 1. The summed E-state index contributed by atoms with van der Waals surface area (Å²) < 4.78 is 48.7. The van der Waals surface area contributed by atoms with Gasteiger partial charge in [-0.1, -0.05) is 0 Å². The van der Waals surface area contributed by atoms with E-state index in [-0.39, 0.29) is 25.2 Å². The quantitative estimate of drug-likeness (QED) is 0.550. The Morgan fingerprint density at radius 1 is 1.32 bits per heavy atom. The lowest BCUT2D eigenvalue weighted by Crippen LogP contribution is -2.50. The SMILES string of the molecule is NS(=O)(=O)c1ccc(OCC2(F)CCN(C3CCOCC3)CC2)c([N+](=O)[O-])c1. The summed E-state index contributed by atoms with van der Waals surface area (Å²) in [6.07, 6.45) is 2.43. The minimum absolute atomic E-state index is 0.179. The maximum absolute atomic E-state index is 15.1. The minimum Gasteiger partial charge on any atom is -0.483 e. The van der Waals surface area contributed by atoms with E-state index < -0.39 is 31.2 Å². The maximum atomic E-state index is 15.1. The number of primary sulfonamides is 1. The standard InChI is InChI=1S/C17H24FN3O6S/c18-17(5-7-20(8-6-17)13-3-9-26-10-4-13)12-27-16-2-1-14(28(19,24)25)11-15(16)21(22)23/h1-2,11,13H,3-10,12H2,(H2,19,24,25). The number of nitrogens with two attached hydrogens (primary N) is 1. The smallest absolute Gasteiger partial charge is 0.312 e. The van der Waals surface area contributed by atoms with Gasteiger partial charge in [-0.25, -0.2) is 17.9 Å². The first-order chi connectivity index (χ1) is 13.2. The molecule has 0 radical (unpaired) electrons. The van der Waals surface area contributed by atoms with Crippen molar-refractivity contribution >= 4 is 15.7 Å². The number of rotatable bonds is 6. The Kier molecular flexibility index (Phi) is 6.18. The molecule has 0 amide bonds. The second kappa shape index (κ2) is 8.27. The molecule has 2 aliphatic heterocycles. The monoisotopic (exact) mass is 417 g/mol. The molecule has 1 aromatic carbocycles. The summed E-state index contributed by atoms with van der Waals surface area (Å²) in [6, 6.07) is 3.48. The van der Waals surface area contributed by atoms with Crippen molar-refractivity contribution in [3.63, 3.8) is 0 Å². The topological polar surface area (TPSA) is 125 Å². The van der Waals surface area contributed by atoms with Crippen molar-refractivity contribution in [3.05, 3.63) is 28.3 Å². The Morgan fingerprint density at radius 2 is 1.96 bits per heavy atom. The Bertz CT molecular complexity index is 820. The van der Waals surface area contributed by atoms with Crippen LogP contribution in [0.4, 0.5) is 10.1 Å². The molecule has 11 heteroatoms. The van der Waals surface area contributed by atoms with Crippen LogP contribution in [-0.4, -0.2) is 62.9 Å². The highest BCUT2D eigenvalue weighted by Crippen LogP contribution is 2.33. The summed E-state index contributed by atoms with van der Waals surface area (Å²) in [4.78, 5) is 12.3. The van der Waals surface area contributed by atoms with Gasteiger partial charge < -0.3 is 9.47 Å². The molecule has 156 valence electrons. The molecule has 3 rings (SSSR count). The van der Waals surface area contributed by atoms with E-state index in [1.165, 1.54) is 0 Å². The zero-order valence-electron chi connectivity index (χ0n) is 15.4. The lowest BCUT2D eigenvalue weighted by Gasteiger charge is -2.41. The number of ether oxygens (including phenoxy) is 2. The van der Waals surface area contributed by atoms with E-state index in [1.807, 2.05) is 0 Å². The third-order valence-corrected chi connectivity index (χ3v) is 6.25. The Labute approximate surface area is 162 Å². The molecule has 2 aliphatic rings. The van der Waals surface area contributed by atoms with Gasteiger partial charge in [0.05, 0.1) is 9.82 Å². The molecule has 2 heterocycles. The van der Waals surface area contributed by atoms with Gasteiger partial charge in [0.1, 0.15) is 12.3 Å². The van der Waals surface area contributed by atoms with Gasteiger partial charge in [0, 0.05) is 38.4 Å². The minimum atomic E-state index is -4.09. The van der Waals surface area contributed by atoms with Crippen molar-refractivity contribution in [3.8, 4) is 5.75 Å². The molecule has 0 atom stereocenters. The van der Waals surface area contributed by atoms with Crippen LogP contribution in [0.2, 0.25) is 0 Å². The van der Waals surface area contributed by atoms with Crippen LogP contribution in [0.5, 0.6) is 5.75 Å². The molecule has 0 aromatic heterocycles. The van der Waals surface area contributed by atoms with E-state index in [4.69, 9.17) is 14.6 Å². The summed E-state index contributed by atoms with van der Waals surface area (Å²) in [5.41, 5.74) is -2.15. The van der Waals surface area contributed by atoms with Gasteiger partial charge >= 0.3 is 5.69 Å². The summed E-state index contributed by atoms with van der Waals surface area (Å²) in [7, 11) is -4.09. The number of alkyl halides is 1. The second-order valence-electron chi connectivity index (χ2n) is 7.25. The van der Waals surface area contributed by atoms with Crippen LogP contribution in [0.3, 0.4) is 0 Å². The Hall–Kier alpha value is -1.82. The molecule has 0 aliphatic carbocycles. The van der Waals surface area contributed by atoms with Crippen molar-refractivity contribution in [2.45, 2.75) is 42.3 Å². The van der Waals surface area contributed by atoms with Crippen LogP contribution < -0.4 is 9.88 Å². The van der Waals surface area contributed by atoms with Crippen LogP contribution in [0.25, 0.3) is 0 Å². The first-order valence-corrected chi connectivity index (χ1v) is 10.7. The van der Waals surface area contributed by atoms with Crippen molar-refractivity contribution < 1.29 is 27.2 Å². The number of hydrogen-bond acceptors (Lipinski definition) is 7. The molecule has 28 heavy (non-hydrogen) atoms. The largest absolute Gasteiger partial charge is 0.483 e. The van der Waals surface area contributed by atoms with Crippen LogP contribution in [-0.2, 0) is 14.8 Å². The number of nitrogens with zero attached hydrogens (tertiary/aromatic N) is 2. The molecule has 0 unspecified atom stereocenters. The number of halogens is 1. The summed E-state index contributed by atoms with van der Waals surface area (Å²) in [6.45, 7) is 2.31. The third-order valence-electron chi connectivity index (χ3n) is 5.34. The number of sulfonamides is 1. The fourth-order valence-corrected chi connectivity index (χ4v) is 4.16. The van der Waals surface area contributed by atoms with Crippen LogP contribution in [0.1, 0.15) is 25.7 Å². The summed E-state index contributed by atoms with van der Waals surface area (Å²) in [5.74, 6) is -0.179. The van der Waals surface area contributed by atoms with Crippen LogP contribution in [0.15, 0.2) is 23.1 Å². The van der Waals surface area contributed by atoms with Gasteiger partial charge in [-0.2, -0.15) is 0 Å². The van der Waals surface area contributed by atoms with Crippen molar-refractivity contribution in [1.82, 2.24) is 4.90 Å². The fraction of sp³-hybridized carbons (Fsp3) is 0.647. The average molecular weight is 417 g/mol. The highest BCUT2D eigenvalue weighted by Gasteiger charge is 2.38. The average Bonchev–Trinajstić information content (AvgIpc) is 2.67. The van der Waals surface area contributed by atoms with E-state index >= 15 is 4.39 Å². The number of likely N-dealkylation sites (tertiary alicyclic amines) is 1. The summed E-state index contributed by atoms with van der Waals surface area (Å²) in [5, 5.41) is 16.2. The molecule has 9 nitrogen and oxygen atoms in total. The first kappa shape index (κ1) is 20.9. The number of nitro benzene ring substituents is 1. The van der Waals surface area contributed by atoms with Gasteiger partial charge in [0.25, 0.3) is 0 Å². The van der Waals surface area contributed by atoms with E-state index in [0.29, 0.717) is 19.1 Å².